The van der Waals surface area contributed by atoms with E-state index in [4.69, 9.17) is 4.42 Å². The normalized spacial score (nSPS) is 12.2. The Balaban J connectivity index is 2.47. The van der Waals surface area contributed by atoms with E-state index in [1.165, 1.54) is 19.6 Å². The van der Waals surface area contributed by atoms with Gasteiger partial charge >= 0.3 is 5.97 Å². The Hall–Kier alpha value is -1.45. The maximum Gasteiger partial charge on any atom is 0.327 e. The number of rotatable bonds is 3. The smallest absolute Gasteiger partial charge is 0.327 e. The van der Waals surface area contributed by atoms with Crippen LogP contribution in [-0.4, -0.2) is 19.1 Å². The van der Waals surface area contributed by atoms with E-state index < -0.39 is 0 Å². The number of ether oxygens (including phenoxy) is 1. The summed E-state index contributed by atoms with van der Waals surface area (Å²) in [6.07, 6.45) is 3.06. The second-order valence-electron chi connectivity index (χ2n) is 2.40. The molecule has 0 bridgehead atoms. The maximum absolute atomic E-state index is 10.9. The molecule has 0 saturated carbocycles. The van der Waals surface area contributed by atoms with E-state index >= 15 is 0 Å². The SMILES string of the molecule is COC(=O)[C@@H](C)Nc1ccoc1. The zero-order chi connectivity index (χ0) is 8.97. The Morgan fingerprint density at radius 3 is 3.00 bits per heavy atom. The van der Waals surface area contributed by atoms with Gasteiger partial charge in [-0.15, -0.1) is 0 Å². The number of carbonyl (C=O) groups excluding carboxylic acids is 1. The number of furan rings is 1. The molecule has 0 aliphatic heterocycles. The van der Waals surface area contributed by atoms with Crippen LogP contribution >= 0.6 is 0 Å². The molecule has 1 aromatic rings. The highest BCUT2D eigenvalue weighted by Gasteiger charge is 2.12. The lowest BCUT2D eigenvalue weighted by atomic mass is 10.3. The fourth-order valence-electron chi connectivity index (χ4n) is 0.832. The van der Waals surface area contributed by atoms with Crippen molar-refractivity contribution in [1.82, 2.24) is 0 Å². The first-order valence-electron chi connectivity index (χ1n) is 3.60. The molecule has 0 fully saturated rings. The van der Waals surface area contributed by atoms with Gasteiger partial charge in [-0.1, -0.05) is 0 Å². The van der Waals surface area contributed by atoms with Crippen LogP contribution in [0.2, 0.25) is 0 Å². The fourth-order valence-corrected chi connectivity index (χ4v) is 0.832. The van der Waals surface area contributed by atoms with E-state index in [1.807, 2.05) is 0 Å². The zero-order valence-electron chi connectivity index (χ0n) is 7.03. The first-order valence-corrected chi connectivity index (χ1v) is 3.60. The van der Waals surface area contributed by atoms with E-state index in [1.54, 1.807) is 13.0 Å². The lowest BCUT2D eigenvalue weighted by Gasteiger charge is -2.09. The molecular weight excluding hydrogens is 158 g/mol. The van der Waals surface area contributed by atoms with Gasteiger partial charge in [-0.25, -0.2) is 4.79 Å². The molecule has 1 N–H and O–H groups in total. The van der Waals surface area contributed by atoms with Crippen LogP contribution in [-0.2, 0) is 9.53 Å². The molecule has 1 heterocycles. The molecular formula is C8H11NO3. The number of methoxy groups -OCH3 is 1. The molecule has 12 heavy (non-hydrogen) atoms. The quantitative estimate of drug-likeness (QED) is 0.692. The molecule has 0 spiro atoms. The standard InChI is InChI=1S/C8H11NO3/c1-6(8(10)11-2)9-7-3-4-12-5-7/h3-6,9H,1-2H3/t6-/m1/s1. The van der Waals surface area contributed by atoms with E-state index in [0.29, 0.717) is 0 Å². The van der Waals surface area contributed by atoms with Crippen molar-refractivity contribution in [2.45, 2.75) is 13.0 Å². The summed E-state index contributed by atoms with van der Waals surface area (Å²) in [7, 11) is 1.36. The van der Waals surface area contributed by atoms with E-state index in [9.17, 15) is 4.79 Å². The van der Waals surface area contributed by atoms with E-state index in [0.717, 1.165) is 5.69 Å². The van der Waals surface area contributed by atoms with Crippen molar-refractivity contribution >= 4 is 11.7 Å². The summed E-state index contributed by atoms with van der Waals surface area (Å²) in [6.45, 7) is 1.72. The first kappa shape index (κ1) is 8.64. The van der Waals surface area contributed by atoms with Crippen molar-refractivity contribution in [3.05, 3.63) is 18.6 Å². The minimum atomic E-state index is -0.354. The minimum absolute atomic E-state index is 0.295. The average molecular weight is 169 g/mol. The summed E-state index contributed by atoms with van der Waals surface area (Å²) in [5.74, 6) is -0.295. The van der Waals surface area contributed by atoms with Crippen LogP contribution in [0.25, 0.3) is 0 Å². The molecule has 0 saturated heterocycles. The molecule has 0 aliphatic rings. The van der Waals surface area contributed by atoms with Crippen LogP contribution in [0.5, 0.6) is 0 Å². The highest BCUT2D eigenvalue weighted by Crippen LogP contribution is 2.08. The van der Waals surface area contributed by atoms with E-state index in [2.05, 4.69) is 10.1 Å². The van der Waals surface area contributed by atoms with Gasteiger partial charge in [0.1, 0.15) is 12.3 Å². The van der Waals surface area contributed by atoms with Crippen molar-refractivity contribution in [3.63, 3.8) is 0 Å². The summed E-state index contributed by atoms with van der Waals surface area (Å²) in [5, 5.41) is 2.90. The van der Waals surface area contributed by atoms with Gasteiger partial charge in [0.25, 0.3) is 0 Å². The van der Waals surface area contributed by atoms with Crippen LogP contribution in [0.15, 0.2) is 23.0 Å². The van der Waals surface area contributed by atoms with Gasteiger partial charge in [0.15, 0.2) is 0 Å². The van der Waals surface area contributed by atoms with Crippen LogP contribution in [0.4, 0.5) is 5.69 Å². The van der Waals surface area contributed by atoms with Gasteiger partial charge < -0.3 is 14.5 Å². The predicted molar refractivity (Wildman–Crippen MR) is 43.8 cm³/mol. The van der Waals surface area contributed by atoms with E-state index in [-0.39, 0.29) is 12.0 Å². The topological polar surface area (TPSA) is 51.5 Å². The van der Waals surface area contributed by atoms with Gasteiger partial charge in [-0.2, -0.15) is 0 Å². The molecule has 4 heteroatoms. The van der Waals surface area contributed by atoms with Crippen molar-refractivity contribution < 1.29 is 13.9 Å². The van der Waals surface area contributed by atoms with Gasteiger partial charge in [-0.3, -0.25) is 0 Å². The summed E-state index contributed by atoms with van der Waals surface area (Å²) in [6, 6.07) is 1.38. The lowest BCUT2D eigenvalue weighted by molar-refractivity contribution is -0.141. The van der Waals surface area contributed by atoms with Crippen LogP contribution in [0, 0.1) is 0 Å². The van der Waals surface area contributed by atoms with Gasteiger partial charge in [0.2, 0.25) is 0 Å². The molecule has 1 aromatic heterocycles. The summed E-state index contributed by atoms with van der Waals surface area (Å²) >= 11 is 0. The summed E-state index contributed by atoms with van der Waals surface area (Å²) < 4.78 is 9.34. The highest BCUT2D eigenvalue weighted by molar-refractivity contribution is 5.78. The predicted octanol–water partition coefficient (Wildman–Crippen LogP) is 1.25. The molecule has 0 unspecified atom stereocenters. The van der Waals surface area contributed by atoms with Crippen molar-refractivity contribution in [2.24, 2.45) is 0 Å². The monoisotopic (exact) mass is 169 g/mol. The second kappa shape index (κ2) is 3.80. The van der Waals surface area contributed by atoms with Crippen LogP contribution < -0.4 is 5.32 Å². The fraction of sp³-hybridized carbons (Fsp3) is 0.375. The highest BCUT2D eigenvalue weighted by atomic mass is 16.5. The molecule has 0 aromatic carbocycles. The maximum atomic E-state index is 10.9. The Labute approximate surface area is 70.5 Å². The third-order valence-electron chi connectivity index (χ3n) is 1.46. The van der Waals surface area contributed by atoms with Gasteiger partial charge in [0.05, 0.1) is 19.1 Å². The Morgan fingerprint density at radius 2 is 2.50 bits per heavy atom. The summed E-state index contributed by atoms with van der Waals surface area (Å²) in [5.41, 5.74) is 0.771. The largest absolute Gasteiger partial charge is 0.470 e. The van der Waals surface area contributed by atoms with Crippen molar-refractivity contribution in [1.29, 1.82) is 0 Å². The Kier molecular flexibility index (Phi) is 2.74. The number of carbonyl (C=O) groups is 1. The third-order valence-corrected chi connectivity index (χ3v) is 1.46. The number of hydrogen-bond donors (Lipinski definition) is 1. The lowest BCUT2D eigenvalue weighted by Crippen LogP contribution is -2.26. The van der Waals surface area contributed by atoms with Crippen molar-refractivity contribution in [2.75, 3.05) is 12.4 Å². The average Bonchev–Trinajstić information content (AvgIpc) is 2.55. The third kappa shape index (κ3) is 2.02. The number of nitrogens with one attached hydrogen (secondary N) is 1. The molecule has 0 radical (unpaired) electrons. The molecule has 1 rings (SSSR count). The van der Waals surface area contributed by atoms with Crippen LogP contribution in [0.3, 0.4) is 0 Å². The zero-order valence-corrected chi connectivity index (χ0v) is 7.03. The van der Waals surface area contributed by atoms with Gasteiger partial charge in [-0.05, 0) is 13.0 Å². The molecule has 0 amide bonds. The van der Waals surface area contributed by atoms with Gasteiger partial charge in [0, 0.05) is 0 Å². The second-order valence-corrected chi connectivity index (χ2v) is 2.40. The Bertz CT molecular complexity index is 243. The van der Waals surface area contributed by atoms with Crippen molar-refractivity contribution in [3.8, 4) is 0 Å². The molecule has 1 atom stereocenters. The first-order chi connectivity index (χ1) is 5.74. The number of anilines is 1. The minimum Gasteiger partial charge on any atom is -0.470 e. The number of esters is 1. The van der Waals surface area contributed by atoms with Crippen LogP contribution in [0.1, 0.15) is 6.92 Å². The summed E-state index contributed by atoms with van der Waals surface area (Å²) in [4.78, 5) is 10.9. The molecule has 4 nitrogen and oxygen atoms in total. The number of hydrogen-bond acceptors (Lipinski definition) is 4. The Morgan fingerprint density at radius 1 is 1.75 bits per heavy atom. The molecule has 66 valence electrons. The molecule has 0 aliphatic carbocycles.